The standard InChI is InChI=1S/C9H11FN2O/c1-9(2,10)7-5-3-4-6(12-7)8(11)13/h3-5H,1-2H3,(H2,11,13). The van der Waals surface area contributed by atoms with Crippen molar-refractivity contribution in [2.75, 3.05) is 0 Å². The van der Waals surface area contributed by atoms with Crippen molar-refractivity contribution in [3.8, 4) is 0 Å². The number of nitrogens with zero attached hydrogens (tertiary/aromatic N) is 1. The Morgan fingerprint density at radius 3 is 2.62 bits per heavy atom. The third-order valence-corrected chi connectivity index (χ3v) is 1.61. The highest BCUT2D eigenvalue weighted by Crippen LogP contribution is 2.22. The molecule has 0 spiro atoms. The second-order valence-electron chi connectivity index (χ2n) is 3.24. The van der Waals surface area contributed by atoms with E-state index in [0.29, 0.717) is 0 Å². The van der Waals surface area contributed by atoms with Gasteiger partial charge in [0.25, 0.3) is 5.91 Å². The average molecular weight is 182 g/mol. The third kappa shape index (κ3) is 2.24. The van der Waals surface area contributed by atoms with Crippen LogP contribution in [0.15, 0.2) is 18.2 Å². The first-order chi connectivity index (χ1) is 5.91. The number of hydrogen-bond acceptors (Lipinski definition) is 2. The quantitative estimate of drug-likeness (QED) is 0.751. The smallest absolute Gasteiger partial charge is 0.267 e. The van der Waals surface area contributed by atoms with Gasteiger partial charge in [0.05, 0.1) is 5.69 Å². The fourth-order valence-electron chi connectivity index (χ4n) is 0.903. The summed E-state index contributed by atoms with van der Waals surface area (Å²) in [5, 5.41) is 0. The molecule has 1 aromatic rings. The fraction of sp³-hybridized carbons (Fsp3) is 0.333. The summed E-state index contributed by atoms with van der Waals surface area (Å²) in [6.07, 6.45) is 0. The molecule has 3 nitrogen and oxygen atoms in total. The third-order valence-electron chi connectivity index (χ3n) is 1.61. The molecule has 1 rings (SSSR count). The molecule has 4 heteroatoms. The zero-order chi connectivity index (χ0) is 10.1. The first-order valence-corrected chi connectivity index (χ1v) is 3.87. The van der Waals surface area contributed by atoms with E-state index >= 15 is 0 Å². The molecule has 0 saturated heterocycles. The molecule has 1 aromatic heterocycles. The van der Waals surface area contributed by atoms with Gasteiger partial charge in [-0.15, -0.1) is 0 Å². The Bertz CT molecular complexity index is 331. The number of amides is 1. The van der Waals surface area contributed by atoms with Crippen molar-refractivity contribution < 1.29 is 9.18 Å². The summed E-state index contributed by atoms with van der Waals surface area (Å²) in [7, 11) is 0. The largest absolute Gasteiger partial charge is 0.364 e. The van der Waals surface area contributed by atoms with Crippen molar-refractivity contribution in [2.24, 2.45) is 5.73 Å². The summed E-state index contributed by atoms with van der Waals surface area (Å²) in [5.41, 5.74) is 3.75. The number of hydrogen-bond donors (Lipinski definition) is 1. The van der Waals surface area contributed by atoms with Crippen LogP contribution in [-0.2, 0) is 5.67 Å². The van der Waals surface area contributed by atoms with Crippen molar-refractivity contribution in [1.29, 1.82) is 0 Å². The monoisotopic (exact) mass is 182 g/mol. The van der Waals surface area contributed by atoms with Crippen molar-refractivity contribution in [2.45, 2.75) is 19.5 Å². The summed E-state index contributed by atoms with van der Waals surface area (Å²) in [6.45, 7) is 2.75. The second-order valence-corrected chi connectivity index (χ2v) is 3.24. The minimum Gasteiger partial charge on any atom is -0.364 e. The highest BCUT2D eigenvalue weighted by atomic mass is 19.1. The summed E-state index contributed by atoms with van der Waals surface area (Å²) < 4.78 is 13.4. The summed E-state index contributed by atoms with van der Waals surface area (Å²) in [4.78, 5) is 14.5. The van der Waals surface area contributed by atoms with E-state index in [9.17, 15) is 9.18 Å². The van der Waals surface area contributed by atoms with Crippen LogP contribution >= 0.6 is 0 Å². The molecule has 0 atom stereocenters. The van der Waals surface area contributed by atoms with Gasteiger partial charge in [0, 0.05) is 0 Å². The lowest BCUT2D eigenvalue weighted by Crippen LogP contribution is -2.17. The zero-order valence-corrected chi connectivity index (χ0v) is 7.54. The number of primary amides is 1. The molecular weight excluding hydrogens is 171 g/mol. The van der Waals surface area contributed by atoms with E-state index in [1.165, 1.54) is 26.0 Å². The molecule has 0 aliphatic heterocycles. The lowest BCUT2D eigenvalue weighted by atomic mass is 10.1. The van der Waals surface area contributed by atoms with Crippen LogP contribution in [0.4, 0.5) is 4.39 Å². The van der Waals surface area contributed by atoms with Crippen LogP contribution in [0.2, 0.25) is 0 Å². The van der Waals surface area contributed by atoms with Gasteiger partial charge in [-0.3, -0.25) is 4.79 Å². The molecule has 0 radical (unpaired) electrons. The molecule has 0 fully saturated rings. The van der Waals surface area contributed by atoms with Crippen molar-refractivity contribution in [1.82, 2.24) is 4.98 Å². The minimum atomic E-state index is -1.55. The van der Waals surface area contributed by atoms with Crippen LogP contribution in [0, 0.1) is 0 Å². The van der Waals surface area contributed by atoms with E-state index in [1.807, 2.05) is 0 Å². The Balaban J connectivity index is 3.13. The van der Waals surface area contributed by atoms with Crippen molar-refractivity contribution >= 4 is 5.91 Å². The van der Waals surface area contributed by atoms with Crippen LogP contribution < -0.4 is 5.73 Å². The van der Waals surface area contributed by atoms with Gasteiger partial charge in [-0.2, -0.15) is 0 Å². The van der Waals surface area contributed by atoms with Crippen LogP contribution in [0.25, 0.3) is 0 Å². The number of nitrogens with two attached hydrogens (primary N) is 1. The average Bonchev–Trinajstić information content (AvgIpc) is 2.03. The highest BCUT2D eigenvalue weighted by Gasteiger charge is 2.21. The number of carbonyl (C=O) groups excluding carboxylic acids is 1. The lowest BCUT2D eigenvalue weighted by Gasteiger charge is -2.13. The fourth-order valence-corrected chi connectivity index (χ4v) is 0.903. The van der Waals surface area contributed by atoms with Gasteiger partial charge < -0.3 is 5.73 Å². The number of carbonyl (C=O) groups is 1. The van der Waals surface area contributed by atoms with Gasteiger partial charge in [0.2, 0.25) is 0 Å². The van der Waals surface area contributed by atoms with E-state index in [1.54, 1.807) is 6.07 Å². The van der Waals surface area contributed by atoms with Crippen molar-refractivity contribution in [3.63, 3.8) is 0 Å². The van der Waals surface area contributed by atoms with Gasteiger partial charge in [0.15, 0.2) is 0 Å². The van der Waals surface area contributed by atoms with E-state index in [2.05, 4.69) is 4.98 Å². The topological polar surface area (TPSA) is 56.0 Å². The molecule has 2 N–H and O–H groups in total. The molecule has 0 aromatic carbocycles. The van der Waals surface area contributed by atoms with Crippen LogP contribution in [0.5, 0.6) is 0 Å². The first-order valence-electron chi connectivity index (χ1n) is 3.87. The van der Waals surface area contributed by atoms with Gasteiger partial charge in [-0.1, -0.05) is 6.07 Å². The normalized spacial score (nSPS) is 11.3. The Morgan fingerprint density at radius 2 is 2.15 bits per heavy atom. The van der Waals surface area contributed by atoms with Gasteiger partial charge in [-0.25, -0.2) is 9.37 Å². The summed E-state index contributed by atoms with van der Waals surface area (Å²) in [5.74, 6) is -0.647. The number of halogens is 1. The van der Waals surface area contributed by atoms with Crippen LogP contribution in [0.1, 0.15) is 30.0 Å². The van der Waals surface area contributed by atoms with Gasteiger partial charge in [0.1, 0.15) is 11.4 Å². The predicted molar refractivity (Wildman–Crippen MR) is 46.9 cm³/mol. The maximum atomic E-state index is 13.4. The Kier molecular flexibility index (Phi) is 2.32. The second kappa shape index (κ2) is 3.12. The molecule has 0 bridgehead atoms. The molecule has 0 aliphatic carbocycles. The Labute approximate surface area is 75.8 Å². The summed E-state index contributed by atoms with van der Waals surface area (Å²) in [6, 6.07) is 4.54. The van der Waals surface area contributed by atoms with E-state index in [-0.39, 0.29) is 11.4 Å². The van der Waals surface area contributed by atoms with E-state index < -0.39 is 11.6 Å². The summed E-state index contributed by atoms with van der Waals surface area (Å²) >= 11 is 0. The number of pyridine rings is 1. The van der Waals surface area contributed by atoms with Crippen LogP contribution in [-0.4, -0.2) is 10.9 Å². The lowest BCUT2D eigenvalue weighted by molar-refractivity contribution is 0.0994. The Morgan fingerprint density at radius 1 is 1.54 bits per heavy atom. The maximum Gasteiger partial charge on any atom is 0.267 e. The van der Waals surface area contributed by atoms with Gasteiger partial charge >= 0.3 is 0 Å². The zero-order valence-electron chi connectivity index (χ0n) is 7.54. The highest BCUT2D eigenvalue weighted by molar-refractivity contribution is 5.90. The first kappa shape index (κ1) is 9.64. The predicted octanol–water partition coefficient (Wildman–Crippen LogP) is 1.39. The van der Waals surface area contributed by atoms with E-state index in [4.69, 9.17) is 5.73 Å². The Hall–Kier alpha value is -1.45. The number of aromatic nitrogens is 1. The molecule has 70 valence electrons. The molecule has 0 saturated carbocycles. The number of alkyl halides is 1. The van der Waals surface area contributed by atoms with Gasteiger partial charge in [-0.05, 0) is 26.0 Å². The molecular formula is C9H11FN2O. The SMILES string of the molecule is CC(C)(F)c1cccc(C(N)=O)n1. The molecule has 0 unspecified atom stereocenters. The molecule has 1 heterocycles. The molecule has 1 amide bonds. The molecule has 0 aliphatic rings. The maximum absolute atomic E-state index is 13.4. The molecule has 13 heavy (non-hydrogen) atoms. The minimum absolute atomic E-state index is 0.0863. The van der Waals surface area contributed by atoms with Crippen molar-refractivity contribution in [3.05, 3.63) is 29.6 Å². The van der Waals surface area contributed by atoms with Crippen LogP contribution in [0.3, 0.4) is 0 Å². The van der Waals surface area contributed by atoms with E-state index in [0.717, 1.165) is 0 Å². The number of rotatable bonds is 2.